The van der Waals surface area contributed by atoms with Gasteiger partial charge in [0.15, 0.2) is 0 Å². The van der Waals surface area contributed by atoms with Gasteiger partial charge in [0.05, 0.1) is 5.02 Å². The number of benzene rings is 1. The maximum absolute atomic E-state index is 12.0. The lowest BCUT2D eigenvalue weighted by Crippen LogP contribution is -2.32. The summed E-state index contributed by atoms with van der Waals surface area (Å²) in [6, 6.07) is 5.40. The predicted octanol–water partition coefficient (Wildman–Crippen LogP) is 4.36. The predicted molar refractivity (Wildman–Crippen MR) is 83.7 cm³/mol. The SMILES string of the molecule is CCSCCC(C)NC(=O)c1ccc(Br)c(Cl)c1. The van der Waals surface area contributed by atoms with Crippen molar-refractivity contribution in [2.24, 2.45) is 0 Å². The maximum atomic E-state index is 12.0. The molecule has 0 aliphatic heterocycles. The summed E-state index contributed by atoms with van der Waals surface area (Å²) < 4.78 is 0.799. The number of hydrogen-bond donors (Lipinski definition) is 1. The summed E-state index contributed by atoms with van der Waals surface area (Å²) in [4.78, 5) is 12.0. The van der Waals surface area contributed by atoms with Crippen molar-refractivity contribution < 1.29 is 4.79 Å². The van der Waals surface area contributed by atoms with Gasteiger partial charge in [-0.25, -0.2) is 0 Å². The number of nitrogens with one attached hydrogen (secondary N) is 1. The van der Waals surface area contributed by atoms with Gasteiger partial charge in [-0.2, -0.15) is 11.8 Å². The third kappa shape index (κ3) is 5.21. The van der Waals surface area contributed by atoms with Crippen LogP contribution in [0, 0.1) is 0 Å². The number of halogens is 2. The molecule has 1 amide bonds. The second kappa shape index (κ2) is 8.08. The lowest BCUT2D eigenvalue weighted by molar-refractivity contribution is 0.0939. The molecule has 1 aromatic carbocycles. The Labute approximate surface area is 126 Å². The molecule has 1 unspecified atom stereocenters. The van der Waals surface area contributed by atoms with E-state index in [9.17, 15) is 4.79 Å². The Kier molecular flexibility index (Phi) is 7.12. The second-order valence-electron chi connectivity index (χ2n) is 3.99. The van der Waals surface area contributed by atoms with Crippen LogP contribution in [-0.4, -0.2) is 23.5 Å². The molecule has 0 spiro atoms. The zero-order chi connectivity index (χ0) is 13.5. The van der Waals surface area contributed by atoms with Gasteiger partial charge < -0.3 is 5.32 Å². The van der Waals surface area contributed by atoms with Crippen molar-refractivity contribution >= 4 is 45.2 Å². The molecule has 18 heavy (non-hydrogen) atoms. The summed E-state index contributed by atoms with van der Waals surface area (Å²) >= 11 is 11.2. The second-order valence-corrected chi connectivity index (χ2v) is 6.64. The molecule has 100 valence electrons. The van der Waals surface area contributed by atoms with Gasteiger partial charge in [-0.05, 0) is 59.0 Å². The van der Waals surface area contributed by atoms with E-state index in [0.29, 0.717) is 10.6 Å². The minimum Gasteiger partial charge on any atom is -0.350 e. The van der Waals surface area contributed by atoms with Gasteiger partial charge in [-0.1, -0.05) is 18.5 Å². The van der Waals surface area contributed by atoms with Gasteiger partial charge in [0, 0.05) is 16.1 Å². The summed E-state index contributed by atoms with van der Waals surface area (Å²) in [6.45, 7) is 4.16. The van der Waals surface area contributed by atoms with Crippen LogP contribution >= 0.6 is 39.3 Å². The van der Waals surface area contributed by atoms with Crippen LogP contribution in [0.5, 0.6) is 0 Å². The maximum Gasteiger partial charge on any atom is 0.251 e. The van der Waals surface area contributed by atoms with Crippen LogP contribution in [0.15, 0.2) is 22.7 Å². The fourth-order valence-corrected chi connectivity index (χ4v) is 2.66. The average molecular weight is 351 g/mol. The lowest BCUT2D eigenvalue weighted by atomic mass is 10.2. The Bertz CT molecular complexity index is 414. The monoisotopic (exact) mass is 349 g/mol. The van der Waals surface area contributed by atoms with E-state index in [1.165, 1.54) is 0 Å². The molecule has 0 aromatic heterocycles. The van der Waals surface area contributed by atoms with Crippen LogP contribution in [0.1, 0.15) is 30.6 Å². The molecule has 0 bridgehead atoms. The normalized spacial score (nSPS) is 12.2. The molecular weight excluding hydrogens is 334 g/mol. The van der Waals surface area contributed by atoms with Crippen LogP contribution in [0.2, 0.25) is 5.02 Å². The van der Waals surface area contributed by atoms with E-state index in [1.54, 1.807) is 18.2 Å². The highest BCUT2D eigenvalue weighted by Gasteiger charge is 2.10. The molecule has 2 nitrogen and oxygen atoms in total. The Morgan fingerprint density at radius 2 is 2.28 bits per heavy atom. The smallest absolute Gasteiger partial charge is 0.251 e. The van der Waals surface area contributed by atoms with Gasteiger partial charge in [-0.3, -0.25) is 4.79 Å². The molecule has 5 heteroatoms. The van der Waals surface area contributed by atoms with Crippen LogP contribution in [0.25, 0.3) is 0 Å². The zero-order valence-corrected chi connectivity index (χ0v) is 13.7. The first-order valence-corrected chi connectivity index (χ1v) is 8.20. The highest BCUT2D eigenvalue weighted by Crippen LogP contribution is 2.23. The molecule has 0 saturated carbocycles. The van der Waals surface area contributed by atoms with Crippen molar-refractivity contribution in [1.82, 2.24) is 5.32 Å². The quantitative estimate of drug-likeness (QED) is 0.772. The van der Waals surface area contributed by atoms with Crippen LogP contribution in [-0.2, 0) is 0 Å². The molecule has 0 aliphatic carbocycles. The Morgan fingerprint density at radius 1 is 1.56 bits per heavy atom. The molecule has 1 N–H and O–H groups in total. The van der Waals surface area contributed by atoms with Crippen molar-refractivity contribution in [2.45, 2.75) is 26.3 Å². The third-order valence-electron chi connectivity index (χ3n) is 2.46. The number of thioether (sulfide) groups is 1. The molecule has 1 aromatic rings. The van der Waals surface area contributed by atoms with Gasteiger partial charge in [0.2, 0.25) is 0 Å². The number of carbonyl (C=O) groups is 1. The van der Waals surface area contributed by atoms with E-state index in [-0.39, 0.29) is 11.9 Å². The van der Waals surface area contributed by atoms with Crippen molar-refractivity contribution in [3.05, 3.63) is 33.3 Å². The van der Waals surface area contributed by atoms with E-state index in [1.807, 2.05) is 18.7 Å². The summed E-state index contributed by atoms with van der Waals surface area (Å²) in [5, 5.41) is 3.53. The Morgan fingerprint density at radius 3 is 2.89 bits per heavy atom. The van der Waals surface area contributed by atoms with E-state index in [2.05, 4.69) is 28.2 Å². The van der Waals surface area contributed by atoms with Crippen molar-refractivity contribution in [3.63, 3.8) is 0 Å². The van der Waals surface area contributed by atoms with E-state index in [4.69, 9.17) is 11.6 Å². The first-order chi connectivity index (χ1) is 8.54. The molecular formula is C13H17BrClNOS. The van der Waals surface area contributed by atoms with Crippen LogP contribution in [0.4, 0.5) is 0 Å². The fraction of sp³-hybridized carbons (Fsp3) is 0.462. The highest BCUT2D eigenvalue weighted by molar-refractivity contribution is 9.10. The third-order valence-corrected chi connectivity index (χ3v) is 4.62. The number of carbonyl (C=O) groups excluding carboxylic acids is 1. The number of rotatable bonds is 6. The molecule has 1 rings (SSSR count). The minimum absolute atomic E-state index is 0.0709. The molecule has 0 heterocycles. The van der Waals surface area contributed by atoms with Gasteiger partial charge in [0.25, 0.3) is 5.91 Å². The first-order valence-electron chi connectivity index (χ1n) is 5.88. The summed E-state index contributed by atoms with van der Waals surface area (Å²) in [5.74, 6) is 2.11. The lowest BCUT2D eigenvalue weighted by Gasteiger charge is -2.13. The van der Waals surface area contributed by atoms with E-state index < -0.39 is 0 Å². The largest absolute Gasteiger partial charge is 0.350 e. The van der Waals surface area contributed by atoms with Crippen molar-refractivity contribution in [1.29, 1.82) is 0 Å². The average Bonchev–Trinajstić information content (AvgIpc) is 2.33. The zero-order valence-electron chi connectivity index (χ0n) is 10.5. The molecule has 0 aliphatic rings. The number of hydrogen-bond acceptors (Lipinski definition) is 2. The topological polar surface area (TPSA) is 29.1 Å². The minimum atomic E-state index is -0.0709. The standard InChI is InChI=1S/C13H17BrClNOS/c1-3-18-7-6-9(2)16-13(17)10-4-5-11(14)12(15)8-10/h4-5,8-9H,3,6-7H2,1-2H3,(H,16,17). The Hall–Kier alpha value is -0.190. The molecule has 0 radical (unpaired) electrons. The summed E-state index contributed by atoms with van der Waals surface area (Å²) in [7, 11) is 0. The van der Waals surface area contributed by atoms with E-state index in [0.717, 1.165) is 22.4 Å². The fourth-order valence-electron chi connectivity index (χ4n) is 1.42. The first kappa shape index (κ1) is 15.9. The van der Waals surface area contributed by atoms with Crippen molar-refractivity contribution in [2.75, 3.05) is 11.5 Å². The molecule has 0 fully saturated rings. The number of amides is 1. The highest BCUT2D eigenvalue weighted by atomic mass is 79.9. The molecule has 0 saturated heterocycles. The van der Waals surface area contributed by atoms with Crippen molar-refractivity contribution in [3.8, 4) is 0 Å². The summed E-state index contributed by atoms with van der Waals surface area (Å²) in [5.41, 5.74) is 0.596. The van der Waals surface area contributed by atoms with E-state index >= 15 is 0 Å². The van der Waals surface area contributed by atoms with Gasteiger partial charge in [-0.15, -0.1) is 0 Å². The summed E-state index contributed by atoms with van der Waals surface area (Å²) in [6.07, 6.45) is 0.981. The van der Waals surface area contributed by atoms with Crippen LogP contribution in [0.3, 0.4) is 0 Å². The van der Waals surface area contributed by atoms with Gasteiger partial charge in [0.1, 0.15) is 0 Å². The molecule has 1 atom stereocenters. The Balaban J connectivity index is 2.51. The van der Waals surface area contributed by atoms with Gasteiger partial charge >= 0.3 is 0 Å². The van der Waals surface area contributed by atoms with Crippen LogP contribution < -0.4 is 5.32 Å².